The number of nitrogens with zero attached hydrogens (tertiary/aromatic N) is 1. The molecule has 2 rings (SSSR count). The normalized spacial score (nSPS) is 11.6. The van der Waals surface area contributed by atoms with Gasteiger partial charge in [-0.05, 0) is 37.5 Å². The van der Waals surface area contributed by atoms with Gasteiger partial charge in [0.05, 0.1) is 6.54 Å². The Morgan fingerprint density at radius 1 is 1.24 bits per heavy atom. The Bertz CT molecular complexity index is 541. The third kappa shape index (κ3) is 1.96. The molecule has 0 unspecified atom stereocenters. The van der Waals surface area contributed by atoms with Crippen LogP contribution in [0.15, 0.2) is 18.2 Å². The van der Waals surface area contributed by atoms with Gasteiger partial charge in [-0.15, -0.1) is 0 Å². The number of hydrogen-bond acceptors (Lipinski definition) is 2. The van der Waals surface area contributed by atoms with Crippen molar-refractivity contribution >= 4 is 10.9 Å². The highest BCUT2D eigenvalue weighted by atomic mass is 16.5. The average molecular weight is 233 g/mol. The standard InChI is InChI=1S/C14H19NO2/c1-4-11-10(3)15(8-13(16)17)12-7-5-6-9(2)14(11)12/h5-7,13,16-17H,4,8H2,1-3H3. The van der Waals surface area contributed by atoms with Crippen LogP contribution in [0, 0.1) is 13.8 Å². The highest BCUT2D eigenvalue weighted by Crippen LogP contribution is 2.29. The van der Waals surface area contributed by atoms with Gasteiger partial charge < -0.3 is 14.8 Å². The minimum Gasteiger partial charge on any atom is -0.367 e. The fraction of sp³-hybridized carbons (Fsp3) is 0.429. The van der Waals surface area contributed by atoms with Crippen LogP contribution in [0.4, 0.5) is 0 Å². The van der Waals surface area contributed by atoms with Crippen LogP contribution >= 0.6 is 0 Å². The van der Waals surface area contributed by atoms with Crippen LogP contribution in [0.1, 0.15) is 23.7 Å². The summed E-state index contributed by atoms with van der Waals surface area (Å²) in [6.45, 7) is 6.50. The summed E-state index contributed by atoms with van der Waals surface area (Å²) in [6.07, 6.45) is -0.351. The second-order valence-corrected chi connectivity index (χ2v) is 4.48. The first-order chi connectivity index (χ1) is 8.06. The molecule has 2 aromatic rings. The zero-order valence-electron chi connectivity index (χ0n) is 10.6. The van der Waals surface area contributed by atoms with Crippen molar-refractivity contribution in [3.8, 4) is 0 Å². The van der Waals surface area contributed by atoms with Gasteiger partial charge >= 0.3 is 0 Å². The Labute approximate surface area is 101 Å². The lowest BCUT2D eigenvalue weighted by Crippen LogP contribution is -2.15. The molecule has 0 aliphatic carbocycles. The average Bonchev–Trinajstić information content (AvgIpc) is 2.53. The monoisotopic (exact) mass is 233 g/mol. The summed E-state index contributed by atoms with van der Waals surface area (Å²) in [5, 5.41) is 19.6. The molecular formula is C14H19NO2. The Morgan fingerprint density at radius 3 is 2.53 bits per heavy atom. The minimum atomic E-state index is -1.31. The summed E-state index contributed by atoms with van der Waals surface area (Å²) < 4.78 is 1.99. The van der Waals surface area contributed by atoms with Crippen molar-refractivity contribution in [2.75, 3.05) is 0 Å². The van der Waals surface area contributed by atoms with Crippen LogP contribution < -0.4 is 0 Å². The van der Waals surface area contributed by atoms with Gasteiger partial charge in [0, 0.05) is 16.6 Å². The van der Waals surface area contributed by atoms with Crippen LogP contribution in [0.5, 0.6) is 0 Å². The number of aliphatic hydroxyl groups is 2. The van der Waals surface area contributed by atoms with E-state index in [1.54, 1.807) is 0 Å². The third-order valence-corrected chi connectivity index (χ3v) is 3.38. The first kappa shape index (κ1) is 12.1. The number of hydrogen-bond donors (Lipinski definition) is 2. The topological polar surface area (TPSA) is 45.4 Å². The summed E-state index contributed by atoms with van der Waals surface area (Å²) in [6, 6.07) is 6.15. The lowest BCUT2D eigenvalue weighted by molar-refractivity contribution is -0.0508. The Kier molecular flexibility index (Phi) is 3.22. The van der Waals surface area contributed by atoms with Crippen molar-refractivity contribution < 1.29 is 10.2 Å². The molecule has 0 spiro atoms. The lowest BCUT2D eigenvalue weighted by atomic mass is 10.0. The van der Waals surface area contributed by atoms with Gasteiger partial charge in [-0.3, -0.25) is 0 Å². The van der Waals surface area contributed by atoms with Gasteiger partial charge in [0.25, 0.3) is 0 Å². The van der Waals surface area contributed by atoms with E-state index < -0.39 is 6.29 Å². The molecule has 0 amide bonds. The first-order valence-electron chi connectivity index (χ1n) is 5.99. The molecular weight excluding hydrogens is 214 g/mol. The summed E-state index contributed by atoms with van der Waals surface area (Å²) in [4.78, 5) is 0. The van der Waals surface area contributed by atoms with E-state index in [9.17, 15) is 10.2 Å². The van der Waals surface area contributed by atoms with Crippen molar-refractivity contribution in [3.05, 3.63) is 35.0 Å². The molecule has 1 heterocycles. The van der Waals surface area contributed by atoms with E-state index in [4.69, 9.17) is 0 Å². The van der Waals surface area contributed by atoms with E-state index in [1.807, 2.05) is 23.6 Å². The molecule has 1 aromatic heterocycles. The predicted octanol–water partition coefficient (Wildman–Crippen LogP) is 2.13. The zero-order valence-corrected chi connectivity index (χ0v) is 10.6. The summed E-state index contributed by atoms with van der Waals surface area (Å²) in [5.41, 5.74) is 4.77. The molecule has 17 heavy (non-hydrogen) atoms. The van der Waals surface area contributed by atoms with Gasteiger partial charge in [-0.2, -0.15) is 0 Å². The number of aliphatic hydroxyl groups excluding tert-OH is 1. The molecule has 0 saturated heterocycles. The van der Waals surface area contributed by atoms with E-state index >= 15 is 0 Å². The van der Waals surface area contributed by atoms with Gasteiger partial charge in [-0.25, -0.2) is 0 Å². The van der Waals surface area contributed by atoms with Crippen molar-refractivity contribution in [1.29, 1.82) is 0 Å². The van der Waals surface area contributed by atoms with E-state index in [2.05, 4.69) is 19.9 Å². The maximum Gasteiger partial charge on any atom is 0.169 e. The Hall–Kier alpha value is -1.32. The highest BCUT2D eigenvalue weighted by Gasteiger charge is 2.15. The van der Waals surface area contributed by atoms with Crippen LogP contribution in [-0.2, 0) is 13.0 Å². The van der Waals surface area contributed by atoms with Crippen molar-refractivity contribution in [1.82, 2.24) is 4.57 Å². The highest BCUT2D eigenvalue weighted by molar-refractivity contribution is 5.88. The number of aromatic nitrogens is 1. The molecule has 0 aliphatic rings. The molecule has 3 nitrogen and oxygen atoms in total. The van der Waals surface area contributed by atoms with Crippen LogP contribution in [0.2, 0.25) is 0 Å². The van der Waals surface area contributed by atoms with Crippen LogP contribution in [0.3, 0.4) is 0 Å². The second-order valence-electron chi connectivity index (χ2n) is 4.48. The molecule has 2 N–H and O–H groups in total. The molecule has 0 aliphatic heterocycles. The number of aryl methyl sites for hydroxylation is 2. The molecule has 0 bridgehead atoms. The van der Waals surface area contributed by atoms with E-state index in [-0.39, 0.29) is 6.54 Å². The maximum absolute atomic E-state index is 9.18. The van der Waals surface area contributed by atoms with Crippen LogP contribution in [-0.4, -0.2) is 21.1 Å². The molecule has 0 atom stereocenters. The Morgan fingerprint density at radius 2 is 1.94 bits per heavy atom. The second kappa shape index (κ2) is 4.51. The van der Waals surface area contributed by atoms with E-state index in [0.29, 0.717) is 0 Å². The van der Waals surface area contributed by atoms with Crippen molar-refractivity contribution in [2.45, 2.75) is 40.0 Å². The fourth-order valence-electron chi connectivity index (χ4n) is 2.63. The number of benzene rings is 1. The molecule has 0 radical (unpaired) electrons. The quantitative estimate of drug-likeness (QED) is 0.798. The summed E-state index contributed by atoms with van der Waals surface area (Å²) in [5.74, 6) is 0. The summed E-state index contributed by atoms with van der Waals surface area (Å²) >= 11 is 0. The molecule has 0 fully saturated rings. The first-order valence-corrected chi connectivity index (χ1v) is 5.99. The van der Waals surface area contributed by atoms with E-state index in [0.717, 1.165) is 17.6 Å². The smallest absolute Gasteiger partial charge is 0.169 e. The van der Waals surface area contributed by atoms with Gasteiger partial charge in [-0.1, -0.05) is 19.1 Å². The maximum atomic E-state index is 9.18. The fourth-order valence-corrected chi connectivity index (χ4v) is 2.63. The Balaban J connectivity index is 2.75. The summed E-state index contributed by atoms with van der Waals surface area (Å²) in [7, 11) is 0. The SMILES string of the molecule is CCc1c(C)n(CC(O)O)c2cccc(C)c12. The molecule has 92 valence electrons. The van der Waals surface area contributed by atoms with Gasteiger partial charge in [0.2, 0.25) is 0 Å². The number of rotatable bonds is 3. The zero-order chi connectivity index (χ0) is 12.6. The molecule has 0 saturated carbocycles. The van der Waals surface area contributed by atoms with Crippen LogP contribution in [0.25, 0.3) is 10.9 Å². The van der Waals surface area contributed by atoms with Crippen molar-refractivity contribution in [2.24, 2.45) is 0 Å². The van der Waals surface area contributed by atoms with Gasteiger partial charge in [0.1, 0.15) is 0 Å². The minimum absolute atomic E-state index is 0.228. The third-order valence-electron chi connectivity index (χ3n) is 3.38. The number of fused-ring (bicyclic) bond motifs is 1. The lowest BCUT2D eigenvalue weighted by Gasteiger charge is -2.10. The van der Waals surface area contributed by atoms with Crippen molar-refractivity contribution in [3.63, 3.8) is 0 Å². The molecule has 1 aromatic carbocycles. The predicted molar refractivity (Wildman–Crippen MR) is 69.0 cm³/mol. The van der Waals surface area contributed by atoms with Gasteiger partial charge in [0.15, 0.2) is 6.29 Å². The molecule has 3 heteroatoms. The van der Waals surface area contributed by atoms with E-state index in [1.165, 1.54) is 16.5 Å². The largest absolute Gasteiger partial charge is 0.367 e.